The van der Waals surface area contributed by atoms with Gasteiger partial charge in [0.2, 0.25) is 5.91 Å². The van der Waals surface area contributed by atoms with E-state index in [1.54, 1.807) is 11.3 Å². The van der Waals surface area contributed by atoms with Crippen LogP contribution in [0.15, 0.2) is 9.95 Å². The van der Waals surface area contributed by atoms with E-state index in [0.29, 0.717) is 30.1 Å². The number of amides is 1. The fourth-order valence-corrected chi connectivity index (χ4v) is 5.99. The minimum absolute atomic E-state index is 0.0171. The van der Waals surface area contributed by atoms with Crippen molar-refractivity contribution in [3.63, 3.8) is 0 Å². The Labute approximate surface area is 175 Å². The van der Waals surface area contributed by atoms with Crippen LogP contribution in [0.2, 0.25) is 0 Å². The molecule has 0 saturated carbocycles. The van der Waals surface area contributed by atoms with Gasteiger partial charge in [-0.2, -0.15) is 0 Å². The molecule has 0 bridgehead atoms. The van der Waals surface area contributed by atoms with Crippen LogP contribution in [0.25, 0.3) is 10.2 Å². The van der Waals surface area contributed by atoms with Crippen molar-refractivity contribution in [3.05, 3.63) is 20.8 Å². The van der Waals surface area contributed by atoms with Crippen molar-refractivity contribution in [2.24, 2.45) is 11.8 Å². The van der Waals surface area contributed by atoms with Crippen LogP contribution in [-0.4, -0.2) is 27.3 Å². The van der Waals surface area contributed by atoms with Gasteiger partial charge in [-0.3, -0.25) is 14.2 Å². The minimum Gasteiger partial charge on any atom is -0.355 e. The minimum atomic E-state index is -0.288. The topological polar surface area (TPSA) is 64.0 Å². The number of hydrogen-bond acceptors (Lipinski definition) is 5. The summed E-state index contributed by atoms with van der Waals surface area (Å²) in [5, 5.41) is 4.07. The standard InChI is InChI=1S/C21H31N3O2S2/c1-6-22-18(25)14(5)27-21-23-19-17(20(26)24(21)10-9-12(2)3)15-8-7-13(4)11-16(15)28-19/h12-14H,6-11H2,1-5H3,(H,22,25)/t13-,14-/m1/s1. The van der Waals surface area contributed by atoms with Gasteiger partial charge in [0.05, 0.1) is 10.6 Å². The Hall–Kier alpha value is -1.34. The molecule has 1 aliphatic carbocycles. The highest BCUT2D eigenvalue weighted by molar-refractivity contribution is 8.00. The van der Waals surface area contributed by atoms with Crippen molar-refractivity contribution in [1.29, 1.82) is 0 Å². The number of hydrogen-bond donors (Lipinski definition) is 1. The number of carbonyl (C=O) groups excluding carboxylic acids is 1. The summed E-state index contributed by atoms with van der Waals surface area (Å²) in [5.41, 5.74) is 1.30. The number of nitrogens with one attached hydrogen (secondary N) is 1. The molecule has 0 aromatic carbocycles. The molecule has 0 saturated heterocycles. The van der Waals surface area contributed by atoms with Gasteiger partial charge in [-0.25, -0.2) is 4.98 Å². The first-order valence-corrected chi connectivity index (χ1v) is 12.0. The van der Waals surface area contributed by atoms with E-state index in [1.165, 1.54) is 22.2 Å². The van der Waals surface area contributed by atoms with Gasteiger partial charge in [0.15, 0.2) is 5.16 Å². The van der Waals surface area contributed by atoms with Crippen LogP contribution in [0.4, 0.5) is 0 Å². The molecule has 3 rings (SSSR count). The molecule has 0 fully saturated rings. The largest absolute Gasteiger partial charge is 0.355 e. The van der Waals surface area contributed by atoms with Gasteiger partial charge >= 0.3 is 0 Å². The van der Waals surface area contributed by atoms with E-state index in [4.69, 9.17) is 4.98 Å². The molecule has 2 aromatic rings. The zero-order chi connectivity index (χ0) is 20.4. The third-order valence-corrected chi connectivity index (χ3v) is 7.55. The van der Waals surface area contributed by atoms with E-state index in [9.17, 15) is 9.59 Å². The summed E-state index contributed by atoms with van der Waals surface area (Å²) in [6, 6.07) is 0. The Balaban J connectivity index is 2.06. The number of aromatic nitrogens is 2. The Morgan fingerprint density at radius 3 is 2.82 bits per heavy atom. The first-order valence-electron chi connectivity index (χ1n) is 10.3. The number of fused-ring (bicyclic) bond motifs is 3. The second-order valence-corrected chi connectivity index (χ2v) is 10.6. The summed E-state index contributed by atoms with van der Waals surface area (Å²) >= 11 is 3.06. The highest BCUT2D eigenvalue weighted by Gasteiger charge is 2.26. The molecule has 5 nitrogen and oxygen atoms in total. The lowest BCUT2D eigenvalue weighted by Crippen LogP contribution is -2.32. The number of thiophene rings is 1. The van der Waals surface area contributed by atoms with Crippen LogP contribution < -0.4 is 10.9 Å². The summed E-state index contributed by atoms with van der Waals surface area (Å²) in [7, 11) is 0. The van der Waals surface area contributed by atoms with E-state index in [2.05, 4.69) is 26.1 Å². The van der Waals surface area contributed by atoms with Crippen LogP contribution in [0.5, 0.6) is 0 Å². The third kappa shape index (κ3) is 4.46. The van der Waals surface area contributed by atoms with Gasteiger partial charge in [-0.05, 0) is 56.9 Å². The second-order valence-electron chi connectivity index (χ2n) is 8.22. The second kappa shape index (κ2) is 8.99. The van der Waals surface area contributed by atoms with Crippen LogP contribution in [-0.2, 0) is 24.2 Å². The summed E-state index contributed by atoms with van der Waals surface area (Å²) in [5.74, 6) is 1.14. The van der Waals surface area contributed by atoms with Crippen LogP contribution in [0.1, 0.15) is 57.9 Å². The zero-order valence-electron chi connectivity index (χ0n) is 17.5. The molecular formula is C21H31N3O2S2. The predicted octanol–water partition coefficient (Wildman–Crippen LogP) is 4.25. The van der Waals surface area contributed by atoms with Gasteiger partial charge in [0.25, 0.3) is 5.56 Å². The SMILES string of the molecule is CCNC(=O)[C@@H](C)Sc1nc2sc3c(c2c(=O)n1CCC(C)C)CC[C@@H](C)C3. The predicted molar refractivity (Wildman–Crippen MR) is 119 cm³/mol. The number of aryl methyl sites for hydroxylation is 1. The first-order chi connectivity index (χ1) is 13.3. The van der Waals surface area contributed by atoms with Gasteiger partial charge in [0, 0.05) is 18.0 Å². The molecule has 2 heterocycles. The summed E-state index contributed by atoms with van der Waals surface area (Å²) in [6.07, 6.45) is 4.06. The molecule has 1 aliphatic rings. The average Bonchev–Trinajstić information content (AvgIpc) is 2.98. The maximum atomic E-state index is 13.5. The Morgan fingerprint density at radius 2 is 2.14 bits per heavy atom. The first kappa shape index (κ1) is 21.4. The van der Waals surface area contributed by atoms with Crippen LogP contribution >= 0.6 is 23.1 Å². The van der Waals surface area contributed by atoms with Gasteiger partial charge < -0.3 is 5.32 Å². The smallest absolute Gasteiger partial charge is 0.263 e. The quantitative estimate of drug-likeness (QED) is 0.536. The van der Waals surface area contributed by atoms with Crippen LogP contribution in [0, 0.1) is 11.8 Å². The van der Waals surface area contributed by atoms with E-state index < -0.39 is 0 Å². The van der Waals surface area contributed by atoms with Crippen molar-refractivity contribution in [2.75, 3.05) is 6.54 Å². The molecule has 0 spiro atoms. The molecule has 28 heavy (non-hydrogen) atoms. The lowest BCUT2D eigenvalue weighted by atomic mass is 9.89. The van der Waals surface area contributed by atoms with E-state index in [0.717, 1.165) is 35.9 Å². The Kier molecular flexibility index (Phi) is 6.86. The summed E-state index contributed by atoms with van der Waals surface area (Å²) in [4.78, 5) is 32.8. The highest BCUT2D eigenvalue weighted by Crippen LogP contribution is 2.37. The van der Waals surface area contributed by atoms with Gasteiger partial charge in [0.1, 0.15) is 4.83 Å². The maximum absolute atomic E-state index is 13.5. The lowest BCUT2D eigenvalue weighted by molar-refractivity contribution is -0.120. The highest BCUT2D eigenvalue weighted by atomic mass is 32.2. The van der Waals surface area contributed by atoms with Gasteiger partial charge in [-0.1, -0.05) is 32.5 Å². The lowest BCUT2D eigenvalue weighted by Gasteiger charge is -2.18. The summed E-state index contributed by atoms with van der Waals surface area (Å²) in [6.45, 7) is 11.6. The fourth-order valence-electron chi connectivity index (χ4n) is 3.61. The average molecular weight is 422 g/mol. The maximum Gasteiger partial charge on any atom is 0.263 e. The molecular weight excluding hydrogens is 390 g/mol. The monoisotopic (exact) mass is 421 g/mol. The molecule has 2 aromatic heterocycles. The van der Waals surface area contributed by atoms with Crippen molar-refractivity contribution in [1.82, 2.24) is 14.9 Å². The van der Waals surface area contributed by atoms with Crippen molar-refractivity contribution in [3.8, 4) is 0 Å². The third-order valence-electron chi connectivity index (χ3n) is 5.31. The molecule has 154 valence electrons. The number of rotatable bonds is 7. The van der Waals surface area contributed by atoms with E-state index in [-0.39, 0.29) is 16.7 Å². The Bertz CT molecular complexity index is 916. The van der Waals surface area contributed by atoms with Crippen molar-refractivity contribution in [2.45, 2.75) is 77.3 Å². The number of thioether (sulfide) groups is 1. The zero-order valence-corrected chi connectivity index (χ0v) is 19.1. The van der Waals surface area contributed by atoms with E-state index >= 15 is 0 Å². The number of nitrogens with zero attached hydrogens (tertiary/aromatic N) is 2. The normalized spacial score (nSPS) is 17.7. The molecule has 1 amide bonds. The molecule has 7 heteroatoms. The van der Waals surface area contributed by atoms with Gasteiger partial charge in [-0.15, -0.1) is 11.3 Å². The molecule has 0 unspecified atom stereocenters. The van der Waals surface area contributed by atoms with Crippen LogP contribution in [0.3, 0.4) is 0 Å². The molecule has 0 aliphatic heterocycles. The molecule has 2 atom stereocenters. The summed E-state index contributed by atoms with van der Waals surface area (Å²) < 4.78 is 1.81. The van der Waals surface area contributed by atoms with E-state index in [1.807, 2.05) is 18.4 Å². The molecule has 1 N–H and O–H groups in total. The fraction of sp³-hybridized carbons (Fsp3) is 0.667. The molecule has 0 radical (unpaired) electrons. The van der Waals surface area contributed by atoms with Crippen molar-refractivity contribution >= 4 is 39.2 Å². The Morgan fingerprint density at radius 1 is 1.39 bits per heavy atom. The van der Waals surface area contributed by atoms with Crippen molar-refractivity contribution < 1.29 is 4.79 Å². The number of carbonyl (C=O) groups is 1.